The topological polar surface area (TPSA) is 74.6 Å². The molecular formula is C20H17ClF3N3O4. The van der Waals surface area contributed by atoms with Gasteiger partial charge in [-0.15, -0.1) is 0 Å². The average molecular weight is 456 g/mol. The van der Waals surface area contributed by atoms with E-state index in [0.29, 0.717) is 23.3 Å². The summed E-state index contributed by atoms with van der Waals surface area (Å²) in [6.07, 6.45) is -4.71. The maximum atomic E-state index is 13.2. The van der Waals surface area contributed by atoms with E-state index in [1.807, 2.05) is 0 Å². The van der Waals surface area contributed by atoms with Crippen molar-refractivity contribution in [1.29, 1.82) is 0 Å². The molecule has 0 saturated heterocycles. The molecule has 0 unspecified atom stereocenters. The van der Waals surface area contributed by atoms with Crippen LogP contribution in [0.2, 0.25) is 5.02 Å². The summed E-state index contributed by atoms with van der Waals surface area (Å²) in [6.45, 7) is -0.589. The normalized spacial score (nSPS) is 11.2. The maximum Gasteiger partial charge on any atom is 0.435 e. The lowest BCUT2D eigenvalue weighted by atomic mass is 10.2. The zero-order chi connectivity index (χ0) is 22.6. The van der Waals surface area contributed by atoms with Crippen molar-refractivity contribution in [1.82, 2.24) is 9.78 Å². The van der Waals surface area contributed by atoms with E-state index in [1.54, 1.807) is 24.3 Å². The lowest BCUT2D eigenvalue weighted by molar-refractivity contribution is -0.141. The largest absolute Gasteiger partial charge is 0.497 e. The second-order valence-electron chi connectivity index (χ2n) is 6.13. The first-order chi connectivity index (χ1) is 14.7. The number of ether oxygens (including phenoxy) is 3. The van der Waals surface area contributed by atoms with Gasteiger partial charge in [-0.25, -0.2) is 0 Å². The number of benzene rings is 2. The van der Waals surface area contributed by atoms with Crippen LogP contribution in [0, 0.1) is 0 Å². The first-order valence-corrected chi connectivity index (χ1v) is 9.17. The van der Waals surface area contributed by atoms with Crippen LogP contribution in [0.25, 0.3) is 5.69 Å². The second kappa shape index (κ2) is 9.17. The Bertz CT molecular complexity index is 1090. The molecule has 1 N–H and O–H groups in total. The van der Waals surface area contributed by atoms with Gasteiger partial charge in [-0.1, -0.05) is 23.7 Å². The van der Waals surface area contributed by atoms with Crippen LogP contribution in [0.15, 0.2) is 48.5 Å². The molecule has 3 aromatic rings. The lowest BCUT2D eigenvalue weighted by Crippen LogP contribution is -2.21. The van der Waals surface area contributed by atoms with Crippen LogP contribution in [-0.2, 0) is 11.0 Å². The van der Waals surface area contributed by atoms with Gasteiger partial charge in [0.05, 0.1) is 30.6 Å². The number of halogens is 4. The molecule has 0 aliphatic rings. The van der Waals surface area contributed by atoms with E-state index in [4.69, 9.17) is 25.8 Å². The molecule has 0 saturated carbocycles. The Morgan fingerprint density at radius 1 is 1.13 bits per heavy atom. The highest BCUT2D eigenvalue weighted by Crippen LogP contribution is 2.34. The molecule has 2 aromatic carbocycles. The number of methoxy groups -OCH3 is 2. The van der Waals surface area contributed by atoms with Crippen molar-refractivity contribution in [3.63, 3.8) is 0 Å². The summed E-state index contributed by atoms with van der Waals surface area (Å²) in [5.74, 6) is -0.0848. The van der Waals surface area contributed by atoms with Gasteiger partial charge in [0.25, 0.3) is 5.91 Å². The molecule has 0 bridgehead atoms. The molecule has 0 atom stereocenters. The summed E-state index contributed by atoms with van der Waals surface area (Å²) in [7, 11) is 2.89. The smallest absolute Gasteiger partial charge is 0.435 e. The Hall–Kier alpha value is -3.40. The standard InChI is InChI=1S/C20H17ClF3N3O4/c1-29-12-7-8-16(30-2)14(9-12)25-18(28)11-31-19-10-17(20(22,23)24)26-27(19)15-6-4-3-5-13(15)21/h3-10H,11H2,1-2H3,(H,25,28). The van der Waals surface area contributed by atoms with Crippen molar-refractivity contribution < 1.29 is 32.2 Å². The van der Waals surface area contributed by atoms with E-state index in [1.165, 1.54) is 32.4 Å². The number of nitrogens with zero attached hydrogens (tertiary/aromatic N) is 2. The molecule has 0 spiro atoms. The zero-order valence-corrected chi connectivity index (χ0v) is 17.1. The van der Waals surface area contributed by atoms with Gasteiger partial charge < -0.3 is 19.5 Å². The molecule has 1 amide bonds. The molecule has 3 rings (SSSR count). The SMILES string of the molecule is COc1ccc(OC)c(NC(=O)COc2cc(C(F)(F)F)nn2-c2ccccc2Cl)c1. The quantitative estimate of drug-likeness (QED) is 0.564. The molecule has 0 radical (unpaired) electrons. The fraction of sp³-hybridized carbons (Fsp3) is 0.200. The Balaban J connectivity index is 1.82. The van der Waals surface area contributed by atoms with Crippen LogP contribution >= 0.6 is 11.6 Å². The molecule has 7 nitrogen and oxygen atoms in total. The minimum atomic E-state index is -4.71. The van der Waals surface area contributed by atoms with Crippen LogP contribution in [0.5, 0.6) is 17.4 Å². The number of nitrogens with one attached hydrogen (secondary N) is 1. The van der Waals surface area contributed by atoms with Crippen molar-refractivity contribution in [2.75, 3.05) is 26.1 Å². The van der Waals surface area contributed by atoms with Gasteiger partial charge in [-0.05, 0) is 24.3 Å². The number of carbonyl (C=O) groups excluding carboxylic acids is 1. The summed E-state index contributed by atoms with van der Waals surface area (Å²) in [5, 5.41) is 6.27. The van der Waals surface area contributed by atoms with Gasteiger partial charge in [-0.3, -0.25) is 4.79 Å². The Labute approximate surface area is 180 Å². The Morgan fingerprint density at radius 3 is 2.52 bits per heavy atom. The highest BCUT2D eigenvalue weighted by Gasteiger charge is 2.36. The summed E-state index contributed by atoms with van der Waals surface area (Å²) in [5.41, 5.74) is -0.701. The zero-order valence-electron chi connectivity index (χ0n) is 16.4. The first kappa shape index (κ1) is 22.3. The summed E-state index contributed by atoms with van der Waals surface area (Å²) < 4.78 is 56.0. The fourth-order valence-electron chi connectivity index (χ4n) is 2.64. The minimum absolute atomic E-state index is 0.162. The van der Waals surface area contributed by atoms with Gasteiger partial charge in [0, 0.05) is 12.1 Å². The highest BCUT2D eigenvalue weighted by molar-refractivity contribution is 6.32. The number of anilines is 1. The first-order valence-electron chi connectivity index (χ1n) is 8.79. The number of carbonyl (C=O) groups is 1. The van der Waals surface area contributed by atoms with Crippen molar-refractivity contribution >= 4 is 23.2 Å². The van der Waals surface area contributed by atoms with Crippen LogP contribution in [-0.4, -0.2) is 36.5 Å². The summed E-state index contributed by atoms with van der Waals surface area (Å²) in [6, 6.07) is 11.6. The predicted octanol–water partition coefficient (Wildman–Crippen LogP) is 4.58. The number of amides is 1. The minimum Gasteiger partial charge on any atom is -0.497 e. The molecule has 1 heterocycles. The molecule has 31 heavy (non-hydrogen) atoms. The van der Waals surface area contributed by atoms with Crippen molar-refractivity contribution in [3.05, 3.63) is 59.2 Å². The predicted molar refractivity (Wildman–Crippen MR) is 107 cm³/mol. The van der Waals surface area contributed by atoms with E-state index >= 15 is 0 Å². The van der Waals surface area contributed by atoms with E-state index in [2.05, 4.69) is 10.4 Å². The molecule has 1 aromatic heterocycles. The third-order valence-corrected chi connectivity index (χ3v) is 4.40. The number of alkyl halides is 3. The lowest BCUT2D eigenvalue weighted by Gasteiger charge is -2.13. The number of hydrogen-bond donors (Lipinski definition) is 1. The van der Waals surface area contributed by atoms with Crippen LogP contribution in [0.3, 0.4) is 0 Å². The van der Waals surface area contributed by atoms with Crippen LogP contribution < -0.4 is 19.5 Å². The Morgan fingerprint density at radius 2 is 1.87 bits per heavy atom. The monoisotopic (exact) mass is 455 g/mol. The molecule has 164 valence electrons. The summed E-state index contributed by atoms with van der Waals surface area (Å²) >= 11 is 6.08. The maximum absolute atomic E-state index is 13.2. The van der Waals surface area contributed by atoms with Gasteiger partial charge in [0.15, 0.2) is 12.3 Å². The van der Waals surface area contributed by atoms with Crippen LogP contribution in [0.1, 0.15) is 5.69 Å². The molecule has 0 aliphatic heterocycles. The highest BCUT2D eigenvalue weighted by atomic mass is 35.5. The van der Waals surface area contributed by atoms with E-state index in [0.717, 1.165) is 4.68 Å². The van der Waals surface area contributed by atoms with Crippen molar-refractivity contribution in [3.8, 4) is 23.1 Å². The van der Waals surface area contributed by atoms with Crippen LogP contribution in [0.4, 0.5) is 18.9 Å². The number of para-hydroxylation sites is 1. The van der Waals surface area contributed by atoms with Gasteiger partial charge in [0.2, 0.25) is 5.88 Å². The van der Waals surface area contributed by atoms with Crippen molar-refractivity contribution in [2.45, 2.75) is 6.18 Å². The van der Waals surface area contributed by atoms with E-state index in [9.17, 15) is 18.0 Å². The number of hydrogen-bond acceptors (Lipinski definition) is 5. The second-order valence-corrected chi connectivity index (χ2v) is 6.54. The van der Waals surface area contributed by atoms with Gasteiger partial charge in [-0.2, -0.15) is 23.0 Å². The number of rotatable bonds is 7. The fourth-order valence-corrected chi connectivity index (χ4v) is 2.85. The third kappa shape index (κ3) is 5.21. The molecule has 0 aliphatic carbocycles. The van der Waals surface area contributed by atoms with Gasteiger partial charge >= 0.3 is 6.18 Å². The average Bonchev–Trinajstić information content (AvgIpc) is 3.17. The van der Waals surface area contributed by atoms with E-state index in [-0.39, 0.29) is 16.6 Å². The van der Waals surface area contributed by atoms with Gasteiger partial charge in [0.1, 0.15) is 11.5 Å². The molecule has 0 fully saturated rings. The van der Waals surface area contributed by atoms with Crippen molar-refractivity contribution in [2.24, 2.45) is 0 Å². The summed E-state index contributed by atoms with van der Waals surface area (Å²) in [4.78, 5) is 12.4. The van der Waals surface area contributed by atoms with E-state index < -0.39 is 24.4 Å². The molecule has 11 heteroatoms. The Kier molecular flexibility index (Phi) is 6.59. The molecular weight excluding hydrogens is 439 g/mol. The number of aromatic nitrogens is 2. The third-order valence-electron chi connectivity index (χ3n) is 4.08.